The lowest BCUT2D eigenvalue weighted by molar-refractivity contribution is -0.143. The number of primary amides is 1. The molecule has 1 rings (SSSR count). The molecule has 0 fully saturated rings. The number of nitrogens with two attached hydrogens (primary N) is 2. The Bertz CT molecular complexity index is 935. The van der Waals surface area contributed by atoms with Gasteiger partial charge in [-0.2, -0.15) is 0 Å². The lowest BCUT2D eigenvalue weighted by Gasteiger charge is -2.24. The number of rotatable bonds is 16. The number of hydrogen-bond donors (Lipinski definition) is 8. The predicted molar refractivity (Wildman–Crippen MR) is 124 cm³/mol. The molecular weight excluding hydrogens is 478 g/mol. The highest BCUT2D eigenvalue weighted by molar-refractivity contribution is 5.96. The van der Waals surface area contributed by atoms with E-state index in [1.807, 2.05) is 13.8 Å². The Balaban J connectivity index is 3.02. The number of carbonyl (C=O) groups excluding carboxylic acids is 4. The highest BCUT2D eigenvalue weighted by atomic mass is 16.4. The van der Waals surface area contributed by atoms with Crippen molar-refractivity contribution in [2.45, 2.75) is 70.1 Å². The second kappa shape index (κ2) is 14.4. The zero-order valence-corrected chi connectivity index (χ0v) is 20.0. The molecule has 36 heavy (non-hydrogen) atoms. The first-order valence-electron chi connectivity index (χ1n) is 11.2. The van der Waals surface area contributed by atoms with Crippen LogP contribution in [0.4, 0.5) is 0 Å². The molecule has 15 nitrogen and oxygen atoms in total. The number of aromatic nitrogens is 2. The van der Waals surface area contributed by atoms with Gasteiger partial charge < -0.3 is 42.6 Å². The lowest BCUT2D eigenvalue weighted by Crippen LogP contribution is -2.58. The van der Waals surface area contributed by atoms with Crippen LogP contribution in [0.5, 0.6) is 0 Å². The average Bonchev–Trinajstić information content (AvgIpc) is 3.27. The Labute approximate surface area is 206 Å². The van der Waals surface area contributed by atoms with Crippen molar-refractivity contribution in [3.05, 3.63) is 18.2 Å². The minimum atomic E-state index is -1.49. The summed E-state index contributed by atoms with van der Waals surface area (Å²) in [6.07, 6.45) is 1.29. The summed E-state index contributed by atoms with van der Waals surface area (Å²) in [5.74, 6) is -6.19. The van der Waals surface area contributed by atoms with E-state index in [-0.39, 0.29) is 12.3 Å². The van der Waals surface area contributed by atoms with Crippen molar-refractivity contribution in [3.8, 4) is 0 Å². The van der Waals surface area contributed by atoms with E-state index < -0.39 is 79.0 Å². The molecule has 15 heteroatoms. The van der Waals surface area contributed by atoms with Crippen LogP contribution in [0.1, 0.15) is 45.2 Å². The molecule has 0 aliphatic heterocycles. The van der Waals surface area contributed by atoms with E-state index in [0.29, 0.717) is 12.1 Å². The van der Waals surface area contributed by atoms with Crippen molar-refractivity contribution in [2.24, 2.45) is 17.4 Å². The fraction of sp³-hybridized carbons (Fsp3) is 0.571. The second-order valence-electron chi connectivity index (χ2n) is 8.64. The Hall–Kier alpha value is -4.01. The van der Waals surface area contributed by atoms with Crippen LogP contribution in [0, 0.1) is 5.92 Å². The predicted octanol–water partition coefficient (Wildman–Crippen LogP) is -2.40. The first-order chi connectivity index (χ1) is 16.8. The Morgan fingerprint density at radius 2 is 1.56 bits per heavy atom. The average molecular weight is 512 g/mol. The Morgan fingerprint density at radius 1 is 0.972 bits per heavy atom. The monoisotopic (exact) mass is 511 g/mol. The fourth-order valence-electron chi connectivity index (χ4n) is 3.20. The van der Waals surface area contributed by atoms with Crippen molar-refractivity contribution in [2.75, 3.05) is 0 Å². The van der Waals surface area contributed by atoms with Crippen LogP contribution < -0.4 is 27.4 Å². The second-order valence-corrected chi connectivity index (χ2v) is 8.64. The van der Waals surface area contributed by atoms with Gasteiger partial charge in [-0.05, 0) is 18.8 Å². The zero-order chi connectivity index (χ0) is 27.4. The number of carbonyl (C=O) groups is 6. The number of carboxylic acid groups (broad SMARTS) is 2. The molecule has 0 saturated heterocycles. The third-order valence-corrected chi connectivity index (χ3v) is 4.97. The Morgan fingerprint density at radius 3 is 2.06 bits per heavy atom. The normalized spacial score (nSPS) is 14.2. The number of aliphatic carboxylic acids is 2. The van der Waals surface area contributed by atoms with Crippen molar-refractivity contribution in [1.29, 1.82) is 0 Å². The summed E-state index contributed by atoms with van der Waals surface area (Å²) in [7, 11) is 0. The molecule has 0 saturated carbocycles. The maximum atomic E-state index is 12.9. The SMILES string of the molecule is CC(C)CC(N)C(=O)NC(CC(N)=O)C(=O)NC(CCC(=O)O)C(=O)NC(Cc1cnc[nH]1)C(=O)O. The highest BCUT2D eigenvalue weighted by Crippen LogP contribution is 2.06. The van der Waals surface area contributed by atoms with Crippen LogP contribution in [0.3, 0.4) is 0 Å². The molecule has 1 aromatic heterocycles. The number of hydrogen-bond acceptors (Lipinski definition) is 8. The van der Waals surface area contributed by atoms with Crippen LogP contribution in [-0.4, -0.2) is 79.9 Å². The summed E-state index contributed by atoms with van der Waals surface area (Å²) in [4.78, 5) is 78.7. The highest BCUT2D eigenvalue weighted by Gasteiger charge is 2.31. The van der Waals surface area contributed by atoms with Gasteiger partial charge in [-0.25, -0.2) is 9.78 Å². The van der Waals surface area contributed by atoms with Crippen LogP contribution >= 0.6 is 0 Å². The minimum absolute atomic E-state index is 0.0715. The topological polar surface area (TPSA) is 260 Å². The van der Waals surface area contributed by atoms with E-state index in [1.54, 1.807) is 0 Å². The molecule has 200 valence electrons. The number of carboxylic acids is 2. The van der Waals surface area contributed by atoms with Gasteiger partial charge in [-0.15, -0.1) is 0 Å². The molecule has 4 atom stereocenters. The maximum absolute atomic E-state index is 12.9. The fourth-order valence-corrected chi connectivity index (χ4v) is 3.20. The van der Waals surface area contributed by atoms with Crippen LogP contribution in [0.25, 0.3) is 0 Å². The third-order valence-electron chi connectivity index (χ3n) is 4.97. The van der Waals surface area contributed by atoms with Crippen LogP contribution in [0.15, 0.2) is 12.5 Å². The van der Waals surface area contributed by atoms with E-state index in [2.05, 4.69) is 25.9 Å². The molecule has 0 bridgehead atoms. The first kappa shape index (κ1) is 30.0. The summed E-state index contributed by atoms with van der Waals surface area (Å²) in [6.45, 7) is 3.67. The van der Waals surface area contributed by atoms with E-state index in [9.17, 15) is 33.9 Å². The summed E-state index contributed by atoms with van der Waals surface area (Å²) in [5.41, 5.74) is 11.4. The molecule has 4 unspecified atom stereocenters. The molecule has 4 amide bonds. The van der Waals surface area contributed by atoms with Gasteiger partial charge in [0.25, 0.3) is 0 Å². The maximum Gasteiger partial charge on any atom is 0.326 e. The molecule has 0 spiro atoms. The van der Waals surface area contributed by atoms with Gasteiger partial charge in [0, 0.05) is 24.7 Å². The molecule has 10 N–H and O–H groups in total. The van der Waals surface area contributed by atoms with Crippen molar-refractivity contribution >= 4 is 35.6 Å². The molecule has 0 aliphatic carbocycles. The minimum Gasteiger partial charge on any atom is -0.481 e. The number of H-pyrrole nitrogens is 1. The van der Waals surface area contributed by atoms with Crippen LogP contribution in [-0.2, 0) is 35.2 Å². The molecule has 1 heterocycles. The smallest absolute Gasteiger partial charge is 0.326 e. The van der Waals surface area contributed by atoms with Crippen molar-refractivity contribution in [1.82, 2.24) is 25.9 Å². The summed E-state index contributed by atoms with van der Waals surface area (Å²) >= 11 is 0. The largest absolute Gasteiger partial charge is 0.481 e. The number of aromatic amines is 1. The molecule has 0 aromatic carbocycles. The van der Waals surface area contributed by atoms with Gasteiger partial charge in [-0.1, -0.05) is 13.8 Å². The molecule has 0 aliphatic rings. The van der Waals surface area contributed by atoms with Gasteiger partial charge in [0.2, 0.25) is 23.6 Å². The van der Waals surface area contributed by atoms with E-state index in [0.717, 1.165) is 0 Å². The number of nitrogens with one attached hydrogen (secondary N) is 4. The number of amides is 4. The number of nitrogens with zero attached hydrogens (tertiary/aromatic N) is 1. The van der Waals surface area contributed by atoms with Crippen molar-refractivity contribution in [3.63, 3.8) is 0 Å². The quantitative estimate of drug-likeness (QED) is 0.117. The van der Waals surface area contributed by atoms with Gasteiger partial charge in [-0.3, -0.25) is 24.0 Å². The van der Waals surface area contributed by atoms with Gasteiger partial charge >= 0.3 is 11.9 Å². The summed E-state index contributed by atoms with van der Waals surface area (Å²) < 4.78 is 0. The van der Waals surface area contributed by atoms with Gasteiger partial charge in [0.05, 0.1) is 18.8 Å². The van der Waals surface area contributed by atoms with Crippen molar-refractivity contribution < 1.29 is 39.0 Å². The van der Waals surface area contributed by atoms with Crippen LogP contribution in [0.2, 0.25) is 0 Å². The molecule has 0 radical (unpaired) electrons. The zero-order valence-electron chi connectivity index (χ0n) is 20.0. The van der Waals surface area contributed by atoms with E-state index >= 15 is 0 Å². The number of imidazole rings is 1. The standard InChI is InChI=1S/C21H33N7O8/c1-10(2)5-12(22)18(32)27-14(7-16(23)29)20(34)26-13(3-4-17(30)31)19(33)28-15(21(35)36)6-11-8-24-9-25-11/h8-10,12-15H,3-7,22H2,1-2H3,(H2,23,29)(H,24,25)(H,26,34)(H,27,32)(H,28,33)(H,30,31)(H,35,36). The third kappa shape index (κ3) is 10.9. The summed E-state index contributed by atoms with van der Waals surface area (Å²) in [5, 5.41) is 25.3. The van der Waals surface area contributed by atoms with Gasteiger partial charge in [0.15, 0.2) is 0 Å². The molecule has 1 aromatic rings. The van der Waals surface area contributed by atoms with E-state index in [4.69, 9.17) is 16.6 Å². The van der Waals surface area contributed by atoms with E-state index in [1.165, 1.54) is 12.5 Å². The first-order valence-corrected chi connectivity index (χ1v) is 11.2. The van der Waals surface area contributed by atoms with Gasteiger partial charge in [0.1, 0.15) is 18.1 Å². The Kier molecular flexibility index (Phi) is 12.0. The molecular formula is C21H33N7O8. The summed E-state index contributed by atoms with van der Waals surface area (Å²) in [6, 6.07) is -5.38. The lowest BCUT2D eigenvalue weighted by atomic mass is 10.0.